The van der Waals surface area contributed by atoms with Crippen LogP contribution in [0.5, 0.6) is 0 Å². The number of nitrogens with zero attached hydrogens (tertiary/aromatic N) is 3. The summed E-state index contributed by atoms with van der Waals surface area (Å²) in [5, 5.41) is 8.45. The quantitative estimate of drug-likeness (QED) is 0.227. The third-order valence-electron chi connectivity index (χ3n) is 8.79. The molecule has 1 N–H and O–H groups in total. The maximum atomic E-state index is 5.15. The predicted molar refractivity (Wildman–Crippen MR) is 184 cm³/mol. The van der Waals surface area contributed by atoms with E-state index in [0.717, 1.165) is 22.3 Å². The van der Waals surface area contributed by atoms with Crippen LogP contribution in [0.2, 0.25) is 0 Å². The molecule has 1 aliphatic rings. The van der Waals surface area contributed by atoms with Crippen LogP contribution in [0.4, 0.5) is 0 Å². The molecule has 4 nitrogen and oxygen atoms in total. The second kappa shape index (κ2) is 9.85. The van der Waals surface area contributed by atoms with E-state index >= 15 is 0 Å². The standard InChI is InChI=1S/C40H28N4/c1-3-11-27(12-4-1)35-23-24-41-40(42-35)44-37-18-10-8-16-32(37)34-26-29(20-22-39(34)44)28-19-21-38-33(25-28)31-15-7-9-17-36(31)43(38)30-13-5-2-6-14-30/h1-26,40-41H. The lowest BCUT2D eigenvalue weighted by molar-refractivity contribution is 0.499. The summed E-state index contributed by atoms with van der Waals surface area (Å²) >= 11 is 0. The van der Waals surface area contributed by atoms with Crippen molar-refractivity contribution in [2.75, 3.05) is 0 Å². The van der Waals surface area contributed by atoms with Crippen molar-refractivity contribution in [2.24, 2.45) is 4.99 Å². The molecule has 208 valence electrons. The molecule has 1 unspecified atom stereocenters. The van der Waals surface area contributed by atoms with Gasteiger partial charge in [-0.3, -0.25) is 0 Å². The first-order chi connectivity index (χ1) is 21.8. The van der Waals surface area contributed by atoms with Gasteiger partial charge >= 0.3 is 0 Å². The lowest BCUT2D eigenvalue weighted by Crippen LogP contribution is -2.25. The second-order valence-electron chi connectivity index (χ2n) is 11.3. The van der Waals surface area contributed by atoms with Crippen molar-refractivity contribution in [3.05, 3.63) is 163 Å². The van der Waals surface area contributed by atoms with Crippen molar-refractivity contribution in [1.29, 1.82) is 0 Å². The van der Waals surface area contributed by atoms with Crippen LogP contribution in [0.3, 0.4) is 0 Å². The molecule has 6 aromatic carbocycles. The van der Waals surface area contributed by atoms with Gasteiger partial charge in [-0.25, -0.2) is 4.99 Å². The Bertz CT molecular complexity index is 2410. The average molecular weight is 565 g/mol. The number of rotatable bonds is 4. The molecule has 0 radical (unpaired) electrons. The molecule has 44 heavy (non-hydrogen) atoms. The molecule has 2 aromatic heterocycles. The highest BCUT2D eigenvalue weighted by molar-refractivity contribution is 6.13. The molecule has 0 fully saturated rings. The maximum absolute atomic E-state index is 5.15. The van der Waals surface area contributed by atoms with Gasteiger partial charge in [0.25, 0.3) is 0 Å². The van der Waals surface area contributed by atoms with E-state index in [1.807, 2.05) is 18.3 Å². The minimum absolute atomic E-state index is 0.246. The number of para-hydroxylation sites is 3. The maximum Gasteiger partial charge on any atom is 0.201 e. The van der Waals surface area contributed by atoms with Crippen molar-refractivity contribution < 1.29 is 0 Å². The van der Waals surface area contributed by atoms with Crippen LogP contribution in [-0.2, 0) is 0 Å². The first kappa shape index (κ1) is 24.7. The zero-order valence-corrected chi connectivity index (χ0v) is 23.9. The van der Waals surface area contributed by atoms with Gasteiger partial charge in [-0.05, 0) is 71.3 Å². The van der Waals surface area contributed by atoms with E-state index in [9.17, 15) is 0 Å². The van der Waals surface area contributed by atoms with E-state index < -0.39 is 0 Å². The largest absolute Gasteiger partial charge is 0.353 e. The van der Waals surface area contributed by atoms with Gasteiger partial charge in [-0.1, -0.05) is 97.1 Å². The number of benzene rings is 6. The summed E-state index contributed by atoms with van der Waals surface area (Å²) in [6.07, 6.45) is 3.81. The number of aliphatic imine (C=N–C) groups is 1. The van der Waals surface area contributed by atoms with Crippen molar-refractivity contribution in [3.8, 4) is 16.8 Å². The van der Waals surface area contributed by atoms with Gasteiger partial charge in [0.05, 0.1) is 27.8 Å². The number of aromatic nitrogens is 2. The molecule has 0 amide bonds. The number of fused-ring (bicyclic) bond motifs is 6. The zero-order chi connectivity index (χ0) is 29.0. The SMILES string of the molecule is C1=CC(c2ccccc2)=NC(n2c3ccccc3c3cc(-c4ccc5c(c4)c4ccccc4n5-c4ccccc4)ccc32)N1. The highest BCUT2D eigenvalue weighted by Crippen LogP contribution is 2.38. The van der Waals surface area contributed by atoms with E-state index in [4.69, 9.17) is 4.99 Å². The Hall–Kier alpha value is -5.87. The molecule has 8 aromatic rings. The molecule has 1 aliphatic heterocycles. The summed E-state index contributed by atoms with van der Waals surface area (Å²) in [6, 6.07) is 52.0. The molecular weight excluding hydrogens is 536 g/mol. The summed E-state index contributed by atoms with van der Waals surface area (Å²) in [4.78, 5) is 5.15. The van der Waals surface area contributed by atoms with Crippen LogP contribution >= 0.6 is 0 Å². The molecule has 0 bridgehead atoms. The Labute approximate surface area is 254 Å². The normalized spacial score (nSPS) is 14.8. The van der Waals surface area contributed by atoms with Crippen molar-refractivity contribution >= 4 is 49.3 Å². The van der Waals surface area contributed by atoms with Gasteiger partial charge in [0.2, 0.25) is 6.29 Å². The first-order valence-electron chi connectivity index (χ1n) is 15.0. The average Bonchev–Trinajstić information content (AvgIpc) is 3.61. The fraction of sp³-hybridized carbons (Fsp3) is 0.0250. The van der Waals surface area contributed by atoms with Crippen LogP contribution in [0, 0.1) is 0 Å². The van der Waals surface area contributed by atoms with Gasteiger partial charge in [-0.2, -0.15) is 0 Å². The fourth-order valence-electron chi connectivity index (χ4n) is 6.79. The Morgan fingerprint density at radius 3 is 1.77 bits per heavy atom. The van der Waals surface area contributed by atoms with Crippen LogP contribution in [0.25, 0.3) is 60.4 Å². The van der Waals surface area contributed by atoms with E-state index in [1.165, 1.54) is 49.4 Å². The number of nitrogens with one attached hydrogen (secondary N) is 1. The third-order valence-corrected chi connectivity index (χ3v) is 8.79. The lowest BCUT2D eigenvalue weighted by Gasteiger charge is -2.22. The summed E-state index contributed by atoms with van der Waals surface area (Å²) in [7, 11) is 0. The Morgan fingerprint density at radius 1 is 0.477 bits per heavy atom. The van der Waals surface area contributed by atoms with Gasteiger partial charge in [0, 0.05) is 33.4 Å². The Kier molecular flexibility index (Phi) is 5.53. The van der Waals surface area contributed by atoms with E-state index in [-0.39, 0.29) is 6.29 Å². The van der Waals surface area contributed by atoms with Crippen molar-refractivity contribution in [1.82, 2.24) is 14.5 Å². The smallest absolute Gasteiger partial charge is 0.201 e. The predicted octanol–water partition coefficient (Wildman–Crippen LogP) is 9.62. The van der Waals surface area contributed by atoms with E-state index in [0.29, 0.717) is 0 Å². The molecule has 9 rings (SSSR count). The topological polar surface area (TPSA) is 34.2 Å². The molecule has 0 spiro atoms. The van der Waals surface area contributed by atoms with E-state index in [2.05, 4.69) is 154 Å². The Balaban J connectivity index is 1.20. The number of allylic oxidation sites excluding steroid dienone is 1. The van der Waals surface area contributed by atoms with Crippen LogP contribution in [0.1, 0.15) is 11.9 Å². The summed E-state index contributed by atoms with van der Waals surface area (Å²) in [5.74, 6) is 0. The summed E-state index contributed by atoms with van der Waals surface area (Å²) < 4.78 is 4.68. The molecule has 4 heteroatoms. The van der Waals surface area contributed by atoms with Gasteiger partial charge < -0.3 is 14.5 Å². The molecule has 1 atom stereocenters. The zero-order valence-electron chi connectivity index (χ0n) is 23.9. The summed E-state index contributed by atoms with van der Waals surface area (Å²) in [6.45, 7) is 0. The molecule has 3 heterocycles. The Morgan fingerprint density at radius 2 is 1.02 bits per heavy atom. The highest BCUT2D eigenvalue weighted by atomic mass is 15.3. The third kappa shape index (κ3) is 3.81. The second-order valence-corrected chi connectivity index (χ2v) is 11.3. The minimum Gasteiger partial charge on any atom is -0.353 e. The number of hydrogen-bond acceptors (Lipinski definition) is 2. The van der Waals surface area contributed by atoms with E-state index in [1.54, 1.807) is 0 Å². The molecular formula is C40H28N4. The molecule has 0 saturated heterocycles. The van der Waals surface area contributed by atoms with Gasteiger partial charge in [0.15, 0.2) is 0 Å². The minimum atomic E-state index is -0.246. The highest BCUT2D eigenvalue weighted by Gasteiger charge is 2.20. The first-order valence-corrected chi connectivity index (χ1v) is 15.0. The van der Waals surface area contributed by atoms with Crippen LogP contribution in [-0.4, -0.2) is 14.8 Å². The fourth-order valence-corrected chi connectivity index (χ4v) is 6.79. The van der Waals surface area contributed by atoms with Crippen molar-refractivity contribution in [3.63, 3.8) is 0 Å². The number of hydrogen-bond donors (Lipinski definition) is 1. The van der Waals surface area contributed by atoms with Crippen molar-refractivity contribution in [2.45, 2.75) is 6.29 Å². The monoisotopic (exact) mass is 564 g/mol. The van der Waals surface area contributed by atoms with Crippen LogP contribution < -0.4 is 5.32 Å². The van der Waals surface area contributed by atoms with Gasteiger partial charge in [-0.15, -0.1) is 0 Å². The lowest BCUT2D eigenvalue weighted by atomic mass is 10.0. The van der Waals surface area contributed by atoms with Crippen LogP contribution in [0.15, 0.2) is 163 Å². The molecule has 0 saturated carbocycles. The van der Waals surface area contributed by atoms with Gasteiger partial charge in [0.1, 0.15) is 0 Å². The molecule has 0 aliphatic carbocycles. The summed E-state index contributed by atoms with van der Waals surface area (Å²) in [5.41, 5.74) is 10.4.